The number of rotatable bonds is 4. The minimum absolute atomic E-state index is 0.244. The molecule has 1 aromatic carbocycles. The number of aromatic nitrogens is 2. The second-order valence-electron chi connectivity index (χ2n) is 4.34. The lowest BCUT2D eigenvalue weighted by Crippen LogP contribution is -2.06. The molecule has 4 nitrogen and oxygen atoms in total. The van der Waals surface area contributed by atoms with Gasteiger partial charge in [-0.05, 0) is 26.3 Å². The maximum atomic E-state index is 12.2. The first-order valence-electron chi connectivity index (χ1n) is 5.79. The van der Waals surface area contributed by atoms with Crippen LogP contribution in [-0.2, 0) is 16.6 Å². The van der Waals surface area contributed by atoms with Crippen LogP contribution in [-0.4, -0.2) is 14.3 Å². The van der Waals surface area contributed by atoms with Crippen LogP contribution >= 0.6 is 0 Å². The van der Waals surface area contributed by atoms with E-state index in [0.717, 1.165) is 5.56 Å². The van der Waals surface area contributed by atoms with E-state index >= 15 is 0 Å². The van der Waals surface area contributed by atoms with Gasteiger partial charge in [-0.25, -0.2) is 0 Å². The predicted octanol–water partition coefficient (Wildman–Crippen LogP) is 2.70. The molecular weight excluding hydrogens is 248 g/mol. The fraction of sp³-hybridized carbons (Fsp3) is 0.385. The molecule has 1 aromatic heterocycles. The van der Waals surface area contributed by atoms with Crippen molar-refractivity contribution in [2.45, 2.75) is 31.8 Å². The molecule has 0 fully saturated rings. The first-order chi connectivity index (χ1) is 8.56. The molecule has 2 aromatic rings. The SMILES string of the molecule is Cc1cccc(C[S@](=O)[C@H](C)c2nc(C)no2)c1. The summed E-state index contributed by atoms with van der Waals surface area (Å²) in [6.45, 7) is 5.62. The third-order valence-electron chi connectivity index (χ3n) is 2.68. The maximum Gasteiger partial charge on any atom is 0.242 e. The Kier molecular flexibility index (Phi) is 3.91. The van der Waals surface area contributed by atoms with Crippen LogP contribution in [0.1, 0.15) is 35.0 Å². The Bertz CT molecular complexity index is 566. The van der Waals surface area contributed by atoms with Gasteiger partial charge in [0.05, 0.1) is 0 Å². The van der Waals surface area contributed by atoms with Gasteiger partial charge in [0.1, 0.15) is 5.25 Å². The van der Waals surface area contributed by atoms with Gasteiger partial charge in [0.25, 0.3) is 0 Å². The molecule has 0 saturated heterocycles. The van der Waals surface area contributed by atoms with E-state index in [4.69, 9.17) is 4.52 Å². The quantitative estimate of drug-likeness (QED) is 0.852. The van der Waals surface area contributed by atoms with Crippen LogP contribution in [0.4, 0.5) is 0 Å². The first kappa shape index (κ1) is 13.0. The number of benzene rings is 1. The molecule has 1 heterocycles. The van der Waals surface area contributed by atoms with E-state index in [1.54, 1.807) is 6.92 Å². The van der Waals surface area contributed by atoms with Crippen LogP contribution in [0, 0.1) is 13.8 Å². The molecule has 5 heteroatoms. The van der Waals surface area contributed by atoms with Crippen LogP contribution < -0.4 is 0 Å². The summed E-state index contributed by atoms with van der Waals surface area (Å²) >= 11 is 0. The largest absolute Gasteiger partial charge is 0.338 e. The molecule has 96 valence electrons. The topological polar surface area (TPSA) is 56.0 Å². The fourth-order valence-electron chi connectivity index (χ4n) is 1.68. The van der Waals surface area contributed by atoms with E-state index in [0.29, 0.717) is 17.5 Å². The van der Waals surface area contributed by atoms with Gasteiger partial charge >= 0.3 is 0 Å². The molecule has 18 heavy (non-hydrogen) atoms. The molecule has 0 bridgehead atoms. The highest BCUT2D eigenvalue weighted by Gasteiger charge is 2.19. The van der Waals surface area contributed by atoms with Crippen molar-refractivity contribution in [2.24, 2.45) is 0 Å². The second kappa shape index (κ2) is 5.44. The van der Waals surface area contributed by atoms with Crippen molar-refractivity contribution in [1.82, 2.24) is 10.1 Å². The van der Waals surface area contributed by atoms with E-state index in [1.165, 1.54) is 5.56 Å². The summed E-state index contributed by atoms with van der Waals surface area (Å²) in [5.74, 6) is 1.52. The van der Waals surface area contributed by atoms with Crippen molar-refractivity contribution in [2.75, 3.05) is 0 Å². The van der Waals surface area contributed by atoms with Gasteiger partial charge in [0, 0.05) is 16.6 Å². The lowest BCUT2D eigenvalue weighted by molar-refractivity contribution is 0.375. The Labute approximate surface area is 109 Å². The minimum atomic E-state index is -1.06. The van der Waals surface area contributed by atoms with Crippen molar-refractivity contribution in [3.05, 3.63) is 47.1 Å². The van der Waals surface area contributed by atoms with Gasteiger partial charge in [-0.15, -0.1) is 0 Å². The molecule has 0 N–H and O–H groups in total. The van der Waals surface area contributed by atoms with E-state index < -0.39 is 10.8 Å². The highest BCUT2D eigenvalue weighted by Crippen LogP contribution is 2.20. The van der Waals surface area contributed by atoms with Gasteiger partial charge in [-0.3, -0.25) is 4.21 Å². The zero-order valence-electron chi connectivity index (χ0n) is 10.7. The second-order valence-corrected chi connectivity index (χ2v) is 6.09. The summed E-state index contributed by atoms with van der Waals surface area (Å²) < 4.78 is 17.3. The van der Waals surface area contributed by atoms with Crippen LogP contribution in [0.3, 0.4) is 0 Å². The smallest absolute Gasteiger partial charge is 0.242 e. The molecule has 0 amide bonds. The Balaban J connectivity index is 2.08. The Morgan fingerprint density at radius 2 is 2.17 bits per heavy atom. The van der Waals surface area contributed by atoms with Gasteiger partial charge < -0.3 is 4.52 Å². The molecular formula is C13H16N2O2S. The Morgan fingerprint density at radius 1 is 1.39 bits per heavy atom. The lowest BCUT2D eigenvalue weighted by Gasteiger charge is -2.07. The maximum absolute atomic E-state index is 12.2. The molecule has 0 saturated carbocycles. The summed E-state index contributed by atoms with van der Waals surface area (Å²) in [5.41, 5.74) is 2.24. The summed E-state index contributed by atoms with van der Waals surface area (Å²) in [5, 5.41) is 3.48. The van der Waals surface area contributed by atoms with Gasteiger partial charge in [0.2, 0.25) is 5.89 Å². The van der Waals surface area contributed by atoms with Gasteiger partial charge in [-0.1, -0.05) is 35.0 Å². The van der Waals surface area contributed by atoms with Crippen molar-refractivity contribution < 1.29 is 8.73 Å². The van der Waals surface area contributed by atoms with Crippen LogP contribution in [0.2, 0.25) is 0 Å². The standard InChI is InChI=1S/C13H16N2O2S/c1-9-5-4-6-12(7-9)8-18(16)10(2)13-14-11(3)15-17-13/h4-7,10H,8H2,1-3H3/t10-,18+/m1/s1. The average molecular weight is 264 g/mol. The Hall–Kier alpha value is -1.49. The Morgan fingerprint density at radius 3 is 2.78 bits per heavy atom. The monoisotopic (exact) mass is 264 g/mol. The molecule has 0 aliphatic heterocycles. The predicted molar refractivity (Wildman–Crippen MR) is 70.5 cm³/mol. The molecule has 0 spiro atoms. The van der Waals surface area contributed by atoms with E-state index in [2.05, 4.69) is 10.1 Å². The summed E-state index contributed by atoms with van der Waals surface area (Å²) in [6.07, 6.45) is 0. The van der Waals surface area contributed by atoms with Crippen LogP contribution in [0.25, 0.3) is 0 Å². The molecule has 2 rings (SSSR count). The van der Waals surface area contributed by atoms with Crippen molar-refractivity contribution in [3.8, 4) is 0 Å². The third-order valence-corrected chi connectivity index (χ3v) is 4.28. The minimum Gasteiger partial charge on any atom is -0.338 e. The highest BCUT2D eigenvalue weighted by atomic mass is 32.2. The molecule has 0 aliphatic carbocycles. The van der Waals surface area contributed by atoms with Gasteiger partial charge in [-0.2, -0.15) is 4.98 Å². The van der Waals surface area contributed by atoms with Crippen molar-refractivity contribution >= 4 is 10.8 Å². The zero-order valence-corrected chi connectivity index (χ0v) is 11.5. The van der Waals surface area contributed by atoms with Crippen molar-refractivity contribution in [3.63, 3.8) is 0 Å². The molecule has 0 aliphatic rings. The van der Waals surface area contributed by atoms with Crippen molar-refractivity contribution in [1.29, 1.82) is 0 Å². The molecule has 2 atom stereocenters. The number of nitrogens with zero attached hydrogens (tertiary/aromatic N) is 2. The summed E-state index contributed by atoms with van der Waals surface area (Å²) in [7, 11) is -1.06. The summed E-state index contributed by atoms with van der Waals surface area (Å²) in [6, 6.07) is 8.03. The number of aryl methyl sites for hydroxylation is 2. The zero-order chi connectivity index (χ0) is 13.1. The number of hydrogen-bond acceptors (Lipinski definition) is 4. The first-order valence-corrected chi connectivity index (χ1v) is 7.17. The highest BCUT2D eigenvalue weighted by molar-refractivity contribution is 7.84. The average Bonchev–Trinajstić information content (AvgIpc) is 2.75. The van der Waals surface area contributed by atoms with E-state index in [1.807, 2.05) is 38.1 Å². The number of hydrogen-bond donors (Lipinski definition) is 0. The molecule has 0 unspecified atom stereocenters. The fourth-order valence-corrected chi connectivity index (χ4v) is 2.76. The van der Waals surface area contributed by atoms with Crippen LogP contribution in [0.15, 0.2) is 28.8 Å². The lowest BCUT2D eigenvalue weighted by atomic mass is 10.2. The van der Waals surface area contributed by atoms with E-state index in [9.17, 15) is 4.21 Å². The van der Waals surface area contributed by atoms with Crippen LogP contribution in [0.5, 0.6) is 0 Å². The summed E-state index contributed by atoms with van der Waals surface area (Å²) in [4.78, 5) is 4.12. The third kappa shape index (κ3) is 3.04. The molecule has 0 radical (unpaired) electrons. The normalized spacial score (nSPS) is 14.4. The van der Waals surface area contributed by atoms with Gasteiger partial charge in [0.15, 0.2) is 5.82 Å². The van der Waals surface area contributed by atoms with E-state index in [-0.39, 0.29) is 5.25 Å².